The van der Waals surface area contributed by atoms with Crippen LogP contribution in [0.25, 0.3) is 10.9 Å². The summed E-state index contributed by atoms with van der Waals surface area (Å²) in [4.78, 5) is 0. The predicted molar refractivity (Wildman–Crippen MR) is 59.9 cm³/mol. The van der Waals surface area contributed by atoms with Crippen molar-refractivity contribution in [2.75, 3.05) is 6.61 Å². The van der Waals surface area contributed by atoms with Gasteiger partial charge in [-0.2, -0.15) is 0 Å². The molecule has 80 valence electrons. The first-order valence-electron chi connectivity index (χ1n) is 5.07. The number of phenols is 1. The number of benzene rings is 1. The van der Waals surface area contributed by atoms with Crippen LogP contribution in [0, 0.1) is 0 Å². The van der Waals surface area contributed by atoms with Gasteiger partial charge in [0.1, 0.15) is 5.75 Å². The smallest absolute Gasteiger partial charge is 0.139 e. The Morgan fingerprint density at radius 3 is 2.93 bits per heavy atom. The van der Waals surface area contributed by atoms with Crippen LogP contribution in [0.5, 0.6) is 5.75 Å². The highest BCUT2D eigenvalue weighted by Crippen LogP contribution is 2.28. The topological polar surface area (TPSA) is 34.4 Å². The monoisotopic (exact) mass is 205 g/mol. The molecule has 0 radical (unpaired) electrons. The van der Waals surface area contributed by atoms with Crippen LogP contribution in [0.4, 0.5) is 0 Å². The summed E-state index contributed by atoms with van der Waals surface area (Å²) >= 11 is 0. The van der Waals surface area contributed by atoms with E-state index in [1.54, 1.807) is 6.07 Å². The van der Waals surface area contributed by atoms with E-state index in [0.29, 0.717) is 19.0 Å². The van der Waals surface area contributed by atoms with Gasteiger partial charge in [0.05, 0.1) is 12.1 Å². The van der Waals surface area contributed by atoms with Gasteiger partial charge in [-0.1, -0.05) is 12.1 Å². The molecule has 2 aromatic rings. The molecule has 2 rings (SSSR count). The zero-order valence-corrected chi connectivity index (χ0v) is 9.03. The molecule has 0 atom stereocenters. The van der Waals surface area contributed by atoms with Crippen LogP contribution >= 0.6 is 0 Å². The van der Waals surface area contributed by atoms with Crippen LogP contribution in [0.15, 0.2) is 24.4 Å². The molecule has 0 aliphatic carbocycles. The first-order valence-corrected chi connectivity index (χ1v) is 5.07. The van der Waals surface area contributed by atoms with Gasteiger partial charge < -0.3 is 14.4 Å². The van der Waals surface area contributed by atoms with Crippen LogP contribution in [0.3, 0.4) is 0 Å². The van der Waals surface area contributed by atoms with E-state index in [1.165, 1.54) is 0 Å². The fraction of sp³-hybridized carbons (Fsp3) is 0.333. The summed E-state index contributed by atoms with van der Waals surface area (Å²) in [6.07, 6.45) is 2.00. The van der Waals surface area contributed by atoms with Crippen molar-refractivity contribution in [1.29, 1.82) is 0 Å². The minimum Gasteiger partial charge on any atom is -0.506 e. The van der Waals surface area contributed by atoms with Crippen molar-refractivity contribution >= 4 is 10.9 Å². The Labute approximate surface area is 88.9 Å². The molecular formula is C12H15NO2. The Balaban J connectivity index is 2.53. The number of ether oxygens (including phenoxy) is 1. The Kier molecular flexibility index (Phi) is 2.64. The zero-order chi connectivity index (χ0) is 10.8. The standard InChI is InChI=1S/C12H15NO2/c1-3-15-8-9-7-13(2)12-10(9)5-4-6-11(12)14/h4-7,14H,3,8H2,1-2H3. The van der Waals surface area contributed by atoms with Crippen LogP contribution < -0.4 is 0 Å². The zero-order valence-electron chi connectivity index (χ0n) is 9.03. The largest absolute Gasteiger partial charge is 0.506 e. The summed E-state index contributed by atoms with van der Waals surface area (Å²) in [7, 11) is 1.93. The van der Waals surface area contributed by atoms with Gasteiger partial charge in [-0.15, -0.1) is 0 Å². The van der Waals surface area contributed by atoms with Gasteiger partial charge in [-0.05, 0) is 13.0 Å². The molecule has 3 heteroatoms. The number of fused-ring (bicyclic) bond motifs is 1. The molecule has 0 spiro atoms. The maximum atomic E-state index is 9.73. The molecule has 3 nitrogen and oxygen atoms in total. The highest BCUT2D eigenvalue weighted by molar-refractivity contribution is 5.88. The maximum Gasteiger partial charge on any atom is 0.139 e. The van der Waals surface area contributed by atoms with Crippen molar-refractivity contribution < 1.29 is 9.84 Å². The van der Waals surface area contributed by atoms with Crippen molar-refractivity contribution in [2.45, 2.75) is 13.5 Å². The summed E-state index contributed by atoms with van der Waals surface area (Å²) in [6.45, 7) is 3.27. The fourth-order valence-electron chi connectivity index (χ4n) is 1.86. The van der Waals surface area contributed by atoms with Gasteiger partial charge in [-0.25, -0.2) is 0 Å². The lowest BCUT2D eigenvalue weighted by Crippen LogP contribution is -1.90. The first-order chi connectivity index (χ1) is 7.24. The molecule has 0 saturated heterocycles. The summed E-state index contributed by atoms with van der Waals surface area (Å²) < 4.78 is 7.32. The second-order valence-corrected chi connectivity index (χ2v) is 3.58. The number of aromatic nitrogens is 1. The molecule has 1 heterocycles. The number of rotatable bonds is 3. The van der Waals surface area contributed by atoms with Gasteiger partial charge >= 0.3 is 0 Å². The Morgan fingerprint density at radius 1 is 1.40 bits per heavy atom. The molecule has 15 heavy (non-hydrogen) atoms. The number of para-hydroxylation sites is 1. The quantitative estimate of drug-likeness (QED) is 0.835. The van der Waals surface area contributed by atoms with E-state index in [4.69, 9.17) is 4.74 Å². The van der Waals surface area contributed by atoms with E-state index in [9.17, 15) is 5.11 Å². The molecule has 1 aromatic carbocycles. The summed E-state index contributed by atoms with van der Waals surface area (Å²) in [5.74, 6) is 0.317. The van der Waals surface area contributed by atoms with Crippen LogP contribution in [-0.2, 0) is 18.4 Å². The summed E-state index contributed by atoms with van der Waals surface area (Å²) in [6, 6.07) is 5.56. The van der Waals surface area contributed by atoms with Gasteiger partial charge in [0.15, 0.2) is 0 Å². The minimum atomic E-state index is 0.317. The molecule has 0 saturated carbocycles. The lowest BCUT2D eigenvalue weighted by molar-refractivity contribution is 0.135. The summed E-state index contributed by atoms with van der Waals surface area (Å²) in [5, 5.41) is 10.8. The average molecular weight is 205 g/mol. The maximum absolute atomic E-state index is 9.73. The Hall–Kier alpha value is -1.48. The van der Waals surface area contributed by atoms with E-state index >= 15 is 0 Å². The molecule has 1 aromatic heterocycles. The van der Waals surface area contributed by atoms with Crippen molar-refractivity contribution in [3.63, 3.8) is 0 Å². The predicted octanol–water partition coefficient (Wildman–Crippen LogP) is 2.42. The van der Waals surface area contributed by atoms with Crippen molar-refractivity contribution in [3.05, 3.63) is 30.0 Å². The third-order valence-electron chi connectivity index (χ3n) is 2.52. The van der Waals surface area contributed by atoms with Crippen LogP contribution in [0.2, 0.25) is 0 Å². The number of phenolic OH excluding ortho intramolecular Hbond substituents is 1. The molecule has 0 bridgehead atoms. The molecule has 0 aliphatic heterocycles. The third kappa shape index (κ3) is 1.70. The number of hydrogen-bond acceptors (Lipinski definition) is 2. The number of aryl methyl sites for hydroxylation is 1. The highest BCUT2D eigenvalue weighted by atomic mass is 16.5. The van der Waals surface area contributed by atoms with Gasteiger partial charge in [-0.3, -0.25) is 0 Å². The lowest BCUT2D eigenvalue weighted by Gasteiger charge is -2.00. The molecule has 1 N–H and O–H groups in total. The van der Waals surface area contributed by atoms with Crippen molar-refractivity contribution in [2.24, 2.45) is 7.05 Å². The van der Waals surface area contributed by atoms with Gasteiger partial charge in [0.2, 0.25) is 0 Å². The van der Waals surface area contributed by atoms with Gasteiger partial charge in [0.25, 0.3) is 0 Å². The van der Waals surface area contributed by atoms with E-state index < -0.39 is 0 Å². The first kappa shape index (κ1) is 10.1. The number of nitrogens with zero attached hydrogens (tertiary/aromatic N) is 1. The van der Waals surface area contributed by atoms with E-state index in [0.717, 1.165) is 16.5 Å². The SMILES string of the molecule is CCOCc1cn(C)c2c(O)cccc12. The van der Waals surface area contributed by atoms with Gasteiger partial charge in [0, 0.05) is 30.8 Å². The third-order valence-corrected chi connectivity index (χ3v) is 2.52. The summed E-state index contributed by atoms with van der Waals surface area (Å²) in [5.41, 5.74) is 1.98. The Morgan fingerprint density at radius 2 is 2.20 bits per heavy atom. The highest BCUT2D eigenvalue weighted by Gasteiger charge is 2.09. The molecule has 0 fully saturated rings. The van der Waals surface area contributed by atoms with Crippen LogP contribution in [-0.4, -0.2) is 16.3 Å². The number of aromatic hydroxyl groups is 1. The lowest BCUT2D eigenvalue weighted by atomic mass is 10.2. The molecule has 0 unspecified atom stereocenters. The normalized spacial score (nSPS) is 11.1. The van der Waals surface area contributed by atoms with E-state index in [1.807, 2.05) is 36.9 Å². The second kappa shape index (κ2) is 3.95. The van der Waals surface area contributed by atoms with Crippen molar-refractivity contribution in [1.82, 2.24) is 4.57 Å². The van der Waals surface area contributed by atoms with E-state index in [-0.39, 0.29) is 0 Å². The average Bonchev–Trinajstić information content (AvgIpc) is 2.54. The second-order valence-electron chi connectivity index (χ2n) is 3.58. The molecule has 0 aliphatic rings. The Bertz CT molecular complexity index is 474. The minimum absolute atomic E-state index is 0.317. The fourth-order valence-corrected chi connectivity index (χ4v) is 1.86. The number of hydrogen-bond donors (Lipinski definition) is 1. The van der Waals surface area contributed by atoms with Crippen molar-refractivity contribution in [3.8, 4) is 5.75 Å². The molecular weight excluding hydrogens is 190 g/mol. The molecule has 0 amide bonds. The van der Waals surface area contributed by atoms with E-state index in [2.05, 4.69) is 0 Å². The van der Waals surface area contributed by atoms with Crippen LogP contribution in [0.1, 0.15) is 12.5 Å².